The van der Waals surface area contributed by atoms with Gasteiger partial charge < -0.3 is 0 Å². The Bertz CT molecular complexity index is 3200. The van der Waals surface area contributed by atoms with Gasteiger partial charge in [-0.3, -0.25) is 0 Å². The predicted octanol–water partition coefficient (Wildman–Crippen LogP) is 9.43. The van der Waals surface area contributed by atoms with Crippen LogP contribution in [0.5, 0.6) is 0 Å². The Kier molecular flexibility index (Phi) is 3.25. The Morgan fingerprint density at radius 1 is 0.143 bits per heavy atom. The molecule has 0 aromatic rings. The SMILES string of the molecule is C1C2CC3C4CC5CC6C5C5C6C6C5C5C6C6C5C5C6C6C5C45C6C4C6C7C8C9C%10C%11C%12C%13C%14C%15C%16C%17C%18C%19C%20C%21C%22C%23C%24C%25C%26C1C2C%26C%25C%24C%23C%22C%21C%20C%19C%18C%17C%16C%15C%14C%13C%12C%11C%10C9C38C7C6C45. The molecule has 0 aromatic heterocycles. The van der Waals surface area contributed by atoms with Gasteiger partial charge in [0, 0.05) is 0 Å². The van der Waals surface area contributed by atoms with Crippen LogP contribution in [0.3, 0.4) is 0 Å². The molecule has 66 unspecified atom stereocenters. The number of rotatable bonds is 0. The Hall–Kier alpha value is 0. The zero-order valence-corrected chi connectivity index (χ0v) is 40.8. The first-order chi connectivity index (χ1) is 34.9. The Balaban J connectivity index is 0.560. The molecule has 35 fully saturated rings. The van der Waals surface area contributed by atoms with E-state index in [1.807, 2.05) is 19.3 Å². The van der Waals surface area contributed by atoms with E-state index in [2.05, 4.69) is 0 Å². The van der Waals surface area contributed by atoms with E-state index in [1.54, 1.807) is 6.42 Å². The molecular formula is C70H72. The summed E-state index contributed by atoms with van der Waals surface area (Å²) in [6, 6.07) is 0. The molecule has 35 aliphatic carbocycles. The minimum atomic E-state index is 0.955. The molecule has 2 spiro atoms. The van der Waals surface area contributed by atoms with Crippen LogP contribution < -0.4 is 0 Å². The molecule has 0 amide bonds. The molecule has 0 aromatic carbocycles. The van der Waals surface area contributed by atoms with Gasteiger partial charge in [0.05, 0.1) is 0 Å². The molecule has 0 bridgehead atoms. The molecule has 35 rings (SSSR count). The molecule has 0 saturated heterocycles. The van der Waals surface area contributed by atoms with Gasteiger partial charge in [0.1, 0.15) is 0 Å². The van der Waals surface area contributed by atoms with Gasteiger partial charge in [-0.15, -0.1) is 0 Å². The summed E-state index contributed by atoms with van der Waals surface area (Å²) in [5.74, 6) is 84.5. The summed E-state index contributed by atoms with van der Waals surface area (Å²) in [4.78, 5) is 0. The second-order valence-corrected chi connectivity index (χ2v) is 40.2. The lowest BCUT2D eigenvalue weighted by Crippen LogP contribution is -3.01. The van der Waals surface area contributed by atoms with Crippen molar-refractivity contribution in [3.05, 3.63) is 0 Å². The largest absolute Gasteiger partial charge is 0.0467 e. The zero-order valence-electron chi connectivity index (χ0n) is 40.8. The van der Waals surface area contributed by atoms with Gasteiger partial charge in [0.2, 0.25) is 0 Å². The third-order valence-corrected chi connectivity index (χ3v) is 46.2. The molecule has 35 aliphatic rings. The van der Waals surface area contributed by atoms with Crippen molar-refractivity contribution in [2.45, 2.75) is 25.7 Å². The molecular weight excluding hydrogens is 841 g/mol. The normalized spacial score (nSPS) is 106. The predicted molar refractivity (Wildman–Crippen MR) is 247 cm³/mol. The minimum absolute atomic E-state index is 0.955. The van der Waals surface area contributed by atoms with Crippen molar-refractivity contribution in [1.82, 2.24) is 0 Å². The first-order valence-electron chi connectivity index (χ1n) is 34.9. The van der Waals surface area contributed by atoms with E-state index in [9.17, 15) is 0 Å². The van der Waals surface area contributed by atoms with E-state index in [0.717, 1.165) is 10.8 Å². The second kappa shape index (κ2) is 7.37. The minimum Gasteiger partial charge on any atom is -0.0467 e. The molecule has 0 heterocycles. The second-order valence-electron chi connectivity index (χ2n) is 40.2. The van der Waals surface area contributed by atoms with E-state index < -0.39 is 0 Å². The summed E-state index contributed by atoms with van der Waals surface area (Å²) < 4.78 is 0. The van der Waals surface area contributed by atoms with Crippen molar-refractivity contribution in [2.75, 3.05) is 0 Å². The summed E-state index contributed by atoms with van der Waals surface area (Å²) in [6.07, 6.45) is 7.41. The van der Waals surface area contributed by atoms with Crippen molar-refractivity contribution in [1.29, 1.82) is 0 Å². The summed E-state index contributed by atoms with van der Waals surface area (Å²) in [7, 11) is 0. The third-order valence-electron chi connectivity index (χ3n) is 46.2. The average Bonchev–Trinajstić information content (AvgIpc) is 3.62. The number of hydrogen-bond acceptors (Lipinski definition) is 0. The van der Waals surface area contributed by atoms with Crippen LogP contribution in [0.4, 0.5) is 0 Å². The van der Waals surface area contributed by atoms with Crippen molar-refractivity contribution < 1.29 is 0 Å². The third kappa shape index (κ3) is 1.76. The lowest BCUT2D eigenvalue weighted by Gasteiger charge is -3.04. The average molecular weight is 913 g/mol. The fraction of sp³-hybridized carbons (Fsp3) is 1.00. The van der Waals surface area contributed by atoms with Gasteiger partial charge in [-0.05, 0) is 415 Å². The highest BCUT2D eigenvalue weighted by Gasteiger charge is 3.07. The van der Waals surface area contributed by atoms with E-state index >= 15 is 0 Å². The van der Waals surface area contributed by atoms with Crippen molar-refractivity contribution in [2.24, 2.45) is 390 Å². The van der Waals surface area contributed by atoms with Gasteiger partial charge in [-0.1, -0.05) is 0 Å². The Morgan fingerprint density at radius 2 is 0.314 bits per heavy atom. The van der Waals surface area contributed by atoms with Crippen LogP contribution in [0.15, 0.2) is 0 Å². The lowest BCUT2D eigenvalue weighted by molar-refractivity contribution is -0.575. The fourth-order valence-electron chi connectivity index (χ4n) is 48.6. The van der Waals surface area contributed by atoms with Gasteiger partial charge in [0.25, 0.3) is 0 Å². The van der Waals surface area contributed by atoms with Crippen molar-refractivity contribution >= 4 is 0 Å². The summed E-state index contributed by atoms with van der Waals surface area (Å²) in [6.45, 7) is 0. The van der Waals surface area contributed by atoms with E-state index in [4.69, 9.17) is 0 Å². The van der Waals surface area contributed by atoms with Crippen LogP contribution in [0.2, 0.25) is 0 Å². The topological polar surface area (TPSA) is 0 Å². The quantitative estimate of drug-likeness (QED) is 0.228. The van der Waals surface area contributed by atoms with Gasteiger partial charge in [-0.25, -0.2) is 0 Å². The van der Waals surface area contributed by atoms with Crippen LogP contribution in [-0.4, -0.2) is 0 Å². The van der Waals surface area contributed by atoms with Crippen LogP contribution in [-0.2, 0) is 0 Å². The molecule has 66 atom stereocenters. The van der Waals surface area contributed by atoms with Gasteiger partial charge in [0.15, 0.2) is 0 Å². The van der Waals surface area contributed by atoms with E-state index in [0.29, 0.717) is 0 Å². The maximum absolute atomic E-state index is 1.90. The van der Waals surface area contributed by atoms with Gasteiger partial charge >= 0.3 is 0 Å². The maximum Gasteiger partial charge on any atom is -0.0164 e. The summed E-state index contributed by atoms with van der Waals surface area (Å²) in [5, 5.41) is 0. The van der Waals surface area contributed by atoms with Crippen molar-refractivity contribution in [3.8, 4) is 0 Å². The Morgan fingerprint density at radius 3 is 0.571 bits per heavy atom. The molecule has 0 aliphatic heterocycles. The number of hydrogen-bond donors (Lipinski definition) is 0. The first kappa shape index (κ1) is 30.8. The zero-order chi connectivity index (χ0) is 40.8. The van der Waals surface area contributed by atoms with Gasteiger partial charge in [-0.2, -0.15) is 0 Å². The van der Waals surface area contributed by atoms with Crippen LogP contribution in [0.25, 0.3) is 0 Å². The molecule has 352 valence electrons. The molecule has 0 nitrogen and oxygen atoms in total. The lowest BCUT2D eigenvalue weighted by atomic mass is 9.00. The molecule has 0 radical (unpaired) electrons. The highest BCUT2D eigenvalue weighted by molar-refractivity contribution is 5.53. The standard InChI is InChI=1S/C70H72/c1-5-3-9-10-4-6-2-8-12(6)16-14(8)18-20(16)47-22(18)49-51(47)56-53(49)58-63(56)69(10)65(58)60-55-61-66-59-54-50-46-44-42-40-38-36-34-32-30-28-26-24-21-17-13-7(1)11(5)15(13)19(17)23(21)25(24)27(26)29(28)31(30)33(32)35(34)37(36)39(38)41(40)43(42)45(44)48(46)52(50)57(54)64(59)70(9,66)68(61)62(55)67(60)69/h5-68H,1-4H2. The highest BCUT2D eigenvalue weighted by atomic mass is 15.1. The molecule has 70 heavy (non-hydrogen) atoms. The smallest absolute Gasteiger partial charge is 0.0164 e. The van der Waals surface area contributed by atoms with Crippen LogP contribution in [0, 0.1) is 390 Å². The van der Waals surface area contributed by atoms with E-state index in [-0.39, 0.29) is 0 Å². The molecule has 0 N–H and O–H groups in total. The van der Waals surface area contributed by atoms with Crippen LogP contribution in [0.1, 0.15) is 25.7 Å². The van der Waals surface area contributed by atoms with E-state index in [1.165, 1.54) is 379 Å². The maximum atomic E-state index is 1.90. The monoisotopic (exact) mass is 913 g/mol. The summed E-state index contributed by atoms with van der Waals surface area (Å²) in [5.41, 5.74) is 1.92. The molecule has 0 heteroatoms. The first-order valence-corrected chi connectivity index (χ1v) is 34.9. The highest BCUT2D eigenvalue weighted by Crippen LogP contribution is 3.10. The fourth-order valence-corrected chi connectivity index (χ4v) is 48.6. The number of fused-ring (bicyclic) bond motifs is 31. The molecule has 35 saturated carbocycles. The Labute approximate surface area is 413 Å². The van der Waals surface area contributed by atoms with Crippen molar-refractivity contribution in [3.63, 3.8) is 0 Å². The van der Waals surface area contributed by atoms with Crippen LogP contribution >= 0.6 is 0 Å². The summed E-state index contributed by atoms with van der Waals surface area (Å²) >= 11 is 0.